The predicted octanol–water partition coefficient (Wildman–Crippen LogP) is 3.44. The molecule has 0 saturated heterocycles. The van der Waals surface area contributed by atoms with Gasteiger partial charge in [0.05, 0.1) is 17.6 Å². The molecule has 0 atom stereocenters. The Morgan fingerprint density at radius 3 is 2.75 bits per heavy atom. The number of nitrogens with zero attached hydrogens (tertiary/aromatic N) is 3. The molecule has 0 aliphatic rings. The second kappa shape index (κ2) is 8.40. The van der Waals surface area contributed by atoms with Crippen molar-refractivity contribution in [2.45, 2.75) is 6.92 Å². The fourth-order valence-electron chi connectivity index (χ4n) is 2.35. The van der Waals surface area contributed by atoms with Gasteiger partial charge in [-0.05, 0) is 30.3 Å². The second-order valence-corrected chi connectivity index (χ2v) is 6.45. The van der Waals surface area contributed by atoms with Crippen molar-refractivity contribution in [3.8, 4) is 5.75 Å². The summed E-state index contributed by atoms with van der Waals surface area (Å²) in [5.41, 5.74) is 3.06. The molecular weight excluding hydrogens is 383 g/mol. The summed E-state index contributed by atoms with van der Waals surface area (Å²) < 4.78 is 14.1. The fourth-order valence-corrected chi connectivity index (χ4v) is 3.18. The number of aromatic nitrogens is 1. The molecule has 0 spiro atoms. The molecule has 0 unspecified atom stereocenters. The number of hydrogen-bond donors (Lipinski definition) is 2. The highest BCUT2D eigenvalue weighted by Crippen LogP contribution is 2.30. The van der Waals surface area contributed by atoms with Crippen LogP contribution in [0.1, 0.15) is 23.0 Å². The minimum absolute atomic E-state index is 0.0294. The van der Waals surface area contributed by atoms with Gasteiger partial charge in [-0.15, -0.1) is 11.3 Å². The number of amides is 2. The maximum atomic E-state index is 14.1. The first-order chi connectivity index (χ1) is 13.5. The van der Waals surface area contributed by atoms with Gasteiger partial charge in [0, 0.05) is 17.9 Å². The van der Waals surface area contributed by atoms with Crippen molar-refractivity contribution in [3.05, 3.63) is 71.0 Å². The molecule has 0 aliphatic heterocycles. The summed E-state index contributed by atoms with van der Waals surface area (Å²) in [5, 5.41) is 15.1. The Morgan fingerprint density at radius 2 is 2.04 bits per heavy atom. The summed E-state index contributed by atoms with van der Waals surface area (Å²) in [6.45, 7) is 1.32. The molecule has 2 amide bonds. The number of aromatic hydroxyl groups is 1. The molecule has 0 fully saturated rings. The lowest BCUT2D eigenvalue weighted by atomic mass is 10.2. The van der Waals surface area contributed by atoms with Gasteiger partial charge in [0.15, 0.2) is 5.13 Å². The quantitative estimate of drug-likeness (QED) is 0.508. The molecule has 3 rings (SSSR count). The van der Waals surface area contributed by atoms with Gasteiger partial charge in [0.25, 0.3) is 5.91 Å². The van der Waals surface area contributed by atoms with Crippen molar-refractivity contribution >= 4 is 40.2 Å². The van der Waals surface area contributed by atoms with E-state index in [0.29, 0.717) is 5.69 Å². The maximum absolute atomic E-state index is 14.1. The van der Waals surface area contributed by atoms with Crippen LogP contribution < -0.4 is 10.3 Å². The van der Waals surface area contributed by atoms with Crippen LogP contribution in [0.15, 0.2) is 59.0 Å². The number of rotatable bonds is 5. The number of nitrogens with one attached hydrogen (secondary N) is 1. The predicted molar refractivity (Wildman–Crippen MR) is 105 cm³/mol. The summed E-state index contributed by atoms with van der Waals surface area (Å²) in [6, 6.07) is 11.7. The monoisotopic (exact) mass is 398 g/mol. The van der Waals surface area contributed by atoms with E-state index in [2.05, 4.69) is 15.5 Å². The zero-order chi connectivity index (χ0) is 20.1. The van der Waals surface area contributed by atoms with Crippen molar-refractivity contribution in [1.82, 2.24) is 10.4 Å². The molecule has 142 valence electrons. The van der Waals surface area contributed by atoms with Gasteiger partial charge in [-0.1, -0.05) is 18.2 Å². The number of benzene rings is 2. The number of anilines is 2. The van der Waals surface area contributed by atoms with Crippen molar-refractivity contribution < 1.29 is 19.1 Å². The number of phenols is 1. The Kier molecular flexibility index (Phi) is 5.75. The molecule has 1 heterocycles. The number of carbonyl (C=O) groups excluding carboxylic acids is 2. The van der Waals surface area contributed by atoms with E-state index in [1.807, 2.05) is 0 Å². The van der Waals surface area contributed by atoms with E-state index < -0.39 is 11.7 Å². The molecule has 28 heavy (non-hydrogen) atoms. The summed E-state index contributed by atoms with van der Waals surface area (Å²) in [5.74, 6) is -1.46. The highest BCUT2D eigenvalue weighted by atomic mass is 32.1. The molecule has 7 nitrogen and oxygen atoms in total. The van der Waals surface area contributed by atoms with Crippen LogP contribution in [0.5, 0.6) is 5.75 Å². The number of halogens is 1. The molecule has 9 heteroatoms. The molecule has 0 aliphatic carbocycles. The van der Waals surface area contributed by atoms with Gasteiger partial charge < -0.3 is 5.11 Å². The molecule has 0 saturated carbocycles. The second-order valence-electron chi connectivity index (χ2n) is 5.61. The Balaban J connectivity index is 1.74. The Hall–Kier alpha value is -3.59. The standard InChI is InChI=1S/C19H15FN4O3S/c1-12(25)24(17-8-3-2-7-16(17)20)19-22-14(11-28-19)10-21-23-18(27)13-5-4-6-15(26)9-13/h2-11,26H,1H3,(H,23,27)/b21-10-. The zero-order valence-corrected chi connectivity index (χ0v) is 15.5. The lowest BCUT2D eigenvalue weighted by Gasteiger charge is -2.18. The minimum atomic E-state index is -0.540. The van der Waals surface area contributed by atoms with Crippen LogP contribution in [-0.4, -0.2) is 28.1 Å². The van der Waals surface area contributed by atoms with E-state index in [9.17, 15) is 19.1 Å². The third kappa shape index (κ3) is 4.38. The maximum Gasteiger partial charge on any atom is 0.271 e. The van der Waals surface area contributed by atoms with Gasteiger partial charge in [-0.2, -0.15) is 5.10 Å². The van der Waals surface area contributed by atoms with Crippen molar-refractivity contribution in [1.29, 1.82) is 0 Å². The largest absolute Gasteiger partial charge is 0.508 e. The van der Waals surface area contributed by atoms with Gasteiger partial charge in [0.2, 0.25) is 5.91 Å². The first kappa shape index (κ1) is 19.2. The molecular formula is C19H15FN4O3S. The third-order valence-electron chi connectivity index (χ3n) is 3.58. The Bertz CT molecular complexity index is 1050. The highest BCUT2D eigenvalue weighted by molar-refractivity contribution is 7.14. The van der Waals surface area contributed by atoms with Crippen LogP contribution in [0.25, 0.3) is 0 Å². The van der Waals surface area contributed by atoms with Gasteiger partial charge in [-0.25, -0.2) is 14.8 Å². The first-order valence-corrected chi connectivity index (χ1v) is 8.97. The highest BCUT2D eigenvalue weighted by Gasteiger charge is 2.20. The zero-order valence-electron chi connectivity index (χ0n) is 14.7. The number of para-hydroxylation sites is 1. The normalized spacial score (nSPS) is 10.8. The number of phenolic OH excluding ortho intramolecular Hbond substituents is 1. The SMILES string of the molecule is CC(=O)N(c1nc(/C=N\NC(=O)c2cccc(O)c2)cs1)c1ccccc1F. The fraction of sp³-hybridized carbons (Fsp3) is 0.0526. The van der Waals surface area contributed by atoms with E-state index in [-0.39, 0.29) is 28.0 Å². The van der Waals surface area contributed by atoms with Crippen molar-refractivity contribution in [2.24, 2.45) is 5.10 Å². The van der Waals surface area contributed by atoms with Crippen LogP contribution in [-0.2, 0) is 4.79 Å². The molecule has 2 aromatic carbocycles. The summed E-state index contributed by atoms with van der Waals surface area (Å²) in [6.07, 6.45) is 1.31. The lowest BCUT2D eigenvalue weighted by molar-refractivity contribution is -0.115. The Morgan fingerprint density at radius 1 is 1.25 bits per heavy atom. The number of thiazole rings is 1. The van der Waals surface area contributed by atoms with Crippen LogP contribution in [0.4, 0.5) is 15.2 Å². The molecule has 0 bridgehead atoms. The van der Waals surface area contributed by atoms with Crippen LogP contribution in [0.3, 0.4) is 0 Å². The van der Waals surface area contributed by atoms with E-state index >= 15 is 0 Å². The van der Waals surface area contributed by atoms with Crippen LogP contribution in [0, 0.1) is 5.82 Å². The Labute approximate surface area is 163 Å². The van der Waals surface area contributed by atoms with Crippen molar-refractivity contribution in [2.75, 3.05) is 4.90 Å². The number of hydrazone groups is 1. The minimum Gasteiger partial charge on any atom is -0.508 e. The molecule has 1 aromatic heterocycles. The van der Waals surface area contributed by atoms with E-state index in [4.69, 9.17) is 0 Å². The third-order valence-corrected chi connectivity index (χ3v) is 4.42. The number of hydrogen-bond acceptors (Lipinski definition) is 6. The molecule has 2 N–H and O–H groups in total. The van der Waals surface area contributed by atoms with Crippen LogP contribution in [0.2, 0.25) is 0 Å². The molecule has 3 aromatic rings. The lowest BCUT2D eigenvalue weighted by Crippen LogP contribution is -2.23. The average molecular weight is 398 g/mol. The topological polar surface area (TPSA) is 94.9 Å². The van der Waals surface area contributed by atoms with E-state index in [0.717, 1.165) is 11.3 Å². The van der Waals surface area contributed by atoms with E-state index in [1.54, 1.807) is 17.5 Å². The summed E-state index contributed by atoms with van der Waals surface area (Å²) >= 11 is 1.14. The van der Waals surface area contributed by atoms with Crippen LogP contribution >= 0.6 is 11.3 Å². The summed E-state index contributed by atoms with van der Waals surface area (Å²) in [4.78, 5) is 29.4. The van der Waals surface area contributed by atoms with Gasteiger partial charge in [0.1, 0.15) is 11.6 Å². The number of carbonyl (C=O) groups is 2. The van der Waals surface area contributed by atoms with Gasteiger partial charge >= 0.3 is 0 Å². The summed E-state index contributed by atoms with van der Waals surface area (Å²) in [7, 11) is 0. The van der Waals surface area contributed by atoms with E-state index in [1.165, 1.54) is 54.4 Å². The average Bonchev–Trinajstić information content (AvgIpc) is 3.11. The van der Waals surface area contributed by atoms with Crippen molar-refractivity contribution in [3.63, 3.8) is 0 Å². The molecule has 0 radical (unpaired) electrons. The van der Waals surface area contributed by atoms with Gasteiger partial charge in [-0.3, -0.25) is 14.5 Å². The first-order valence-electron chi connectivity index (χ1n) is 8.09. The smallest absolute Gasteiger partial charge is 0.271 e.